The molecular formula is C27H28Cl2N4. The van der Waals surface area contributed by atoms with E-state index >= 15 is 0 Å². The van der Waals surface area contributed by atoms with Gasteiger partial charge in [0.25, 0.3) is 0 Å². The van der Waals surface area contributed by atoms with Crippen molar-refractivity contribution >= 4 is 24.8 Å². The number of hydrogen-bond donors (Lipinski definition) is 0. The lowest BCUT2D eigenvalue weighted by atomic mass is 9.94. The van der Waals surface area contributed by atoms with Crippen molar-refractivity contribution in [2.75, 3.05) is 0 Å². The Bertz CT molecular complexity index is 1210. The van der Waals surface area contributed by atoms with Gasteiger partial charge in [-0.2, -0.15) is 5.26 Å². The molecule has 4 nitrogen and oxygen atoms in total. The van der Waals surface area contributed by atoms with E-state index in [2.05, 4.69) is 76.0 Å². The Morgan fingerprint density at radius 3 is 2.21 bits per heavy atom. The summed E-state index contributed by atoms with van der Waals surface area (Å²) >= 11 is 0. The first kappa shape index (κ1) is 26.2. The monoisotopic (exact) mass is 478 g/mol. The molecule has 0 bridgehead atoms. The van der Waals surface area contributed by atoms with Gasteiger partial charge in [0.15, 0.2) is 0 Å². The normalized spacial score (nSPS) is 10.2. The van der Waals surface area contributed by atoms with E-state index in [1.165, 1.54) is 22.4 Å². The number of imidazole rings is 1. The van der Waals surface area contributed by atoms with E-state index < -0.39 is 0 Å². The molecule has 170 valence electrons. The first-order chi connectivity index (χ1) is 15.1. The molecule has 0 aliphatic heterocycles. The Balaban J connectivity index is 0.00000193. The molecule has 3 aromatic carbocycles. The largest absolute Gasteiger partial charge is 0.337 e. The third-order valence-electron chi connectivity index (χ3n) is 5.60. The van der Waals surface area contributed by atoms with Crippen LogP contribution in [-0.2, 0) is 26.7 Å². The van der Waals surface area contributed by atoms with Gasteiger partial charge in [-0.15, -0.1) is 24.8 Å². The fourth-order valence-electron chi connectivity index (χ4n) is 3.92. The number of nitriles is 1. The molecule has 0 spiro atoms. The molecule has 33 heavy (non-hydrogen) atoms. The third-order valence-corrected chi connectivity index (χ3v) is 5.60. The molecule has 4 aromatic rings. The molecule has 1 heterocycles. The van der Waals surface area contributed by atoms with Gasteiger partial charge in [0.1, 0.15) is 0 Å². The summed E-state index contributed by atoms with van der Waals surface area (Å²) in [6, 6.07) is 27.3. The molecule has 4 rings (SSSR count). The van der Waals surface area contributed by atoms with Crippen molar-refractivity contribution < 1.29 is 0 Å². The molecule has 0 radical (unpaired) electrons. The van der Waals surface area contributed by atoms with Crippen molar-refractivity contribution in [3.8, 4) is 17.2 Å². The van der Waals surface area contributed by atoms with Crippen LogP contribution < -0.4 is 0 Å². The van der Waals surface area contributed by atoms with Gasteiger partial charge < -0.3 is 4.57 Å². The van der Waals surface area contributed by atoms with Crippen LogP contribution in [0.3, 0.4) is 0 Å². The minimum atomic E-state index is 0. The summed E-state index contributed by atoms with van der Waals surface area (Å²) in [4.78, 5) is 6.69. The first-order valence-corrected chi connectivity index (χ1v) is 10.4. The van der Waals surface area contributed by atoms with E-state index in [-0.39, 0.29) is 24.8 Å². The highest BCUT2D eigenvalue weighted by Gasteiger charge is 2.13. The van der Waals surface area contributed by atoms with Gasteiger partial charge >= 0.3 is 0 Å². The summed E-state index contributed by atoms with van der Waals surface area (Å²) < 4.78 is 2.07. The van der Waals surface area contributed by atoms with E-state index in [4.69, 9.17) is 0 Å². The quantitative estimate of drug-likeness (QED) is 0.312. The fourth-order valence-corrected chi connectivity index (χ4v) is 3.92. The minimum Gasteiger partial charge on any atom is -0.337 e. The van der Waals surface area contributed by atoms with Crippen molar-refractivity contribution in [3.05, 3.63) is 113 Å². The molecule has 0 N–H and O–H groups in total. The molecule has 0 fully saturated rings. The Kier molecular flexibility index (Phi) is 9.69. The molecule has 0 atom stereocenters. The number of rotatable bonds is 7. The number of halogens is 2. The van der Waals surface area contributed by atoms with E-state index in [9.17, 15) is 5.26 Å². The predicted octanol–water partition coefficient (Wildman–Crippen LogP) is 6.31. The van der Waals surface area contributed by atoms with Crippen LogP contribution in [-0.4, -0.2) is 14.5 Å². The zero-order valence-electron chi connectivity index (χ0n) is 18.8. The topological polar surface area (TPSA) is 44.9 Å². The van der Waals surface area contributed by atoms with Crippen LogP contribution in [0.2, 0.25) is 0 Å². The van der Waals surface area contributed by atoms with E-state index in [0.29, 0.717) is 5.56 Å². The van der Waals surface area contributed by atoms with Gasteiger partial charge in [-0.1, -0.05) is 60.7 Å². The average molecular weight is 479 g/mol. The fraction of sp³-hybridized carbons (Fsp3) is 0.185. The number of nitrogens with zero attached hydrogens (tertiary/aromatic N) is 4. The highest BCUT2D eigenvalue weighted by Crippen LogP contribution is 2.28. The molecule has 0 aliphatic rings. The van der Waals surface area contributed by atoms with Crippen LogP contribution in [0.5, 0.6) is 0 Å². The zero-order chi connectivity index (χ0) is 21.6. The van der Waals surface area contributed by atoms with Crippen molar-refractivity contribution in [2.45, 2.75) is 26.6 Å². The van der Waals surface area contributed by atoms with Crippen molar-refractivity contribution in [3.63, 3.8) is 0 Å². The van der Waals surface area contributed by atoms with Crippen molar-refractivity contribution in [1.82, 2.24) is 14.5 Å². The Hall–Kier alpha value is -3.10. The first-order valence-electron chi connectivity index (χ1n) is 10.4. The van der Waals surface area contributed by atoms with Crippen LogP contribution in [0.25, 0.3) is 11.1 Å². The molecule has 0 saturated heterocycles. The second-order valence-electron chi connectivity index (χ2n) is 7.93. The Morgan fingerprint density at radius 2 is 1.55 bits per heavy atom. The molecule has 0 amide bonds. The van der Waals surface area contributed by atoms with Gasteiger partial charge in [-0.05, 0) is 41.3 Å². The minimum absolute atomic E-state index is 0. The summed E-state index contributed by atoms with van der Waals surface area (Å²) in [5.41, 5.74) is 7.63. The number of benzene rings is 3. The lowest BCUT2D eigenvalue weighted by Gasteiger charge is -2.23. The standard InChI is InChI=1S/C27H26N4.2ClH/c1-21-8-6-7-11-26(21)27-14-23(12-13-24(27)15-28)18-31(17-22-9-4-3-5-10-22)19-25-16-29-20-30(25)2;;/h3-14,16,20H,17-19H2,1-2H3;2*1H. The Labute approximate surface area is 208 Å². The van der Waals surface area contributed by atoms with Gasteiger partial charge in [0, 0.05) is 38.4 Å². The van der Waals surface area contributed by atoms with Crippen LogP contribution in [0.15, 0.2) is 85.3 Å². The Morgan fingerprint density at radius 1 is 0.848 bits per heavy atom. The van der Waals surface area contributed by atoms with Gasteiger partial charge in [-0.25, -0.2) is 4.98 Å². The van der Waals surface area contributed by atoms with Gasteiger partial charge in [0.05, 0.1) is 23.7 Å². The number of aromatic nitrogens is 2. The lowest BCUT2D eigenvalue weighted by Crippen LogP contribution is -2.23. The molecule has 0 unspecified atom stereocenters. The molecule has 0 aliphatic carbocycles. The summed E-state index contributed by atoms with van der Waals surface area (Å²) in [6.45, 7) is 4.51. The van der Waals surface area contributed by atoms with Gasteiger partial charge in [-0.3, -0.25) is 4.90 Å². The average Bonchev–Trinajstić information content (AvgIpc) is 3.19. The zero-order valence-corrected chi connectivity index (χ0v) is 20.4. The second-order valence-corrected chi connectivity index (χ2v) is 7.93. The number of hydrogen-bond acceptors (Lipinski definition) is 3. The summed E-state index contributed by atoms with van der Waals surface area (Å²) in [7, 11) is 2.03. The van der Waals surface area contributed by atoms with Crippen molar-refractivity contribution in [2.24, 2.45) is 7.05 Å². The lowest BCUT2D eigenvalue weighted by molar-refractivity contribution is 0.242. The SMILES string of the molecule is Cc1ccccc1-c1cc(CN(Cc2ccccc2)Cc2cncn2C)ccc1C#N.Cl.Cl. The smallest absolute Gasteiger partial charge is 0.0998 e. The third kappa shape index (κ3) is 6.46. The van der Waals surface area contributed by atoms with Crippen LogP contribution in [0.4, 0.5) is 0 Å². The van der Waals surface area contributed by atoms with E-state index in [0.717, 1.165) is 30.8 Å². The maximum absolute atomic E-state index is 9.67. The predicted molar refractivity (Wildman–Crippen MR) is 138 cm³/mol. The molecule has 1 aromatic heterocycles. The number of aryl methyl sites for hydroxylation is 2. The summed E-state index contributed by atoms with van der Waals surface area (Å²) in [5, 5.41) is 9.67. The maximum Gasteiger partial charge on any atom is 0.0998 e. The van der Waals surface area contributed by atoms with E-state index in [1.807, 2.05) is 43.8 Å². The molecule has 0 saturated carbocycles. The highest BCUT2D eigenvalue weighted by molar-refractivity contribution is 5.85. The summed E-state index contributed by atoms with van der Waals surface area (Å²) in [5.74, 6) is 0. The van der Waals surface area contributed by atoms with Crippen LogP contribution in [0, 0.1) is 18.3 Å². The summed E-state index contributed by atoms with van der Waals surface area (Å²) in [6.07, 6.45) is 3.77. The maximum atomic E-state index is 9.67. The highest BCUT2D eigenvalue weighted by atomic mass is 35.5. The van der Waals surface area contributed by atoms with Gasteiger partial charge in [0.2, 0.25) is 0 Å². The van der Waals surface area contributed by atoms with E-state index in [1.54, 1.807) is 0 Å². The second kappa shape index (κ2) is 12.2. The van der Waals surface area contributed by atoms with Crippen LogP contribution in [0.1, 0.15) is 27.9 Å². The van der Waals surface area contributed by atoms with Crippen molar-refractivity contribution in [1.29, 1.82) is 5.26 Å². The molecular weight excluding hydrogens is 451 g/mol. The van der Waals surface area contributed by atoms with Crippen LogP contribution >= 0.6 is 24.8 Å². The molecule has 6 heteroatoms.